The van der Waals surface area contributed by atoms with Crippen LogP contribution < -0.4 is 10.6 Å². The molecule has 1 amide bonds. The summed E-state index contributed by atoms with van der Waals surface area (Å²) in [6.07, 6.45) is 0.439. The van der Waals surface area contributed by atoms with Crippen molar-refractivity contribution in [3.63, 3.8) is 0 Å². The summed E-state index contributed by atoms with van der Waals surface area (Å²) in [5, 5.41) is 9.05. The Labute approximate surface area is 124 Å². The Kier molecular flexibility index (Phi) is 4.39. The molecule has 0 saturated carbocycles. The van der Waals surface area contributed by atoms with Crippen LogP contribution in [-0.2, 0) is 4.74 Å². The van der Waals surface area contributed by atoms with Crippen molar-refractivity contribution in [2.24, 2.45) is 5.73 Å². The van der Waals surface area contributed by atoms with E-state index in [0.29, 0.717) is 42.0 Å². The average Bonchev–Trinajstić information content (AvgIpc) is 2.42. The van der Waals surface area contributed by atoms with Gasteiger partial charge in [0.05, 0.1) is 10.2 Å². The fourth-order valence-electron chi connectivity index (χ4n) is 2.10. The molecule has 0 aliphatic carbocycles. The van der Waals surface area contributed by atoms with Gasteiger partial charge in [0.25, 0.3) is 0 Å². The number of anilines is 1. The van der Waals surface area contributed by atoms with E-state index in [0.717, 1.165) is 5.69 Å². The number of ether oxygens (including phenoxy) is 1. The minimum atomic E-state index is -0.744. The highest BCUT2D eigenvalue weighted by atomic mass is 79.9. The Morgan fingerprint density at radius 3 is 2.70 bits per heavy atom. The molecule has 1 aromatic rings. The van der Waals surface area contributed by atoms with Crippen LogP contribution in [0.1, 0.15) is 24.2 Å². The summed E-state index contributed by atoms with van der Waals surface area (Å²) in [6, 6.07) is 2.04. The number of carbonyl (C=O) groups is 1. The van der Waals surface area contributed by atoms with Crippen molar-refractivity contribution in [3.05, 3.63) is 15.9 Å². The first kappa shape index (κ1) is 14.5. The maximum atomic E-state index is 10.7. The summed E-state index contributed by atoms with van der Waals surface area (Å²) >= 11 is 3.30. The van der Waals surface area contributed by atoms with Crippen LogP contribution in [-0.4, -0.2) is 35.3 Å². The van der Waals surface area contributed by atoms with E-state index in [1.165, 1.54) is 0 Å². The lowest BCUT2D eigenvalue weighted by molar-refractivity contribution is 0.0910. The quantitative estimate of drug-likeness (QED) is 0.874. The van der Waals surface area contributed by atoms with Crippen LogP contribution in [0.2, 0.25) is 0 Å². The number of nitrogens with two attached hydrogens (primary N) is 1. The molecule has 2 rings (SSSR count). The van der Waals surface area contributed by atoms with Gasteiger partial charge in [0, 0.05) is 25.9 Å². The third kappa shape index (κ3) is 3.17. The lowest BCUT2D eigenvalue weighted by Crippen LogP contribution is -2.39. The number of hydrogen-bond acceptors (Lipinski definition) is 6. The van der Waals surface area contributed by atoms with E-state index in [-0.39, 0.29) is 6.10 Å². The van der Waals surface area contributed by atoms with E-state index in [2.05, 4.69) is 25.9 Å². The van der Waals surface area contributed by atoms with E-state index >= 15 is 0 Å². The molecule has 1 saturated heterocycles. The van der Waals surface area contributed by atoms with Gasteiger partial charge >= 0.3 is 6.09 Å². The Balaban J connectivity index is 2.09. The van der Waals surface area contributed by atoms with Crippen LogP contribution in [0.3, 0.4) is 0 Å². The van der Waals surface area contributed by atoms with Crippen LogP contribution >= 0.6 is 15.9 Å². The summed E-state index contributed by atoms with van der Waals surface area (Å²) in [5.41, 5.74) is 6.05. The molecule has 106 valence electrons. The fourth-order valence-corrected chi connectivity index (χ4v) is 2.36. The van der Waals surface area contributed by atoms with Gasteiger partial charge in [0.1, 0.15) is 12.2 Å². The molecule has 0 radical (unpaired) electrons. The van der Waals surface area contributed by atoms with Crippen molar-refractivity contribution >= 4 is 28.0 Å². The van der Waals surface area contributed by atoms with Gasteiger partial charge in [-0.1, -0.05) is 0 Å². The smallest absolute Gasteiger partial charge is 0.404 e. The number of primary amides is 1. The van der Waals surface area contributed by atoms with Crippen molar-refractivity contribution in [2.45, 2.75) is 25.9 Å². The minimum Gasteiger partial charge on any atom is -0.446 e. The van der Waals surface area contributed by atoms with Gasteiger partial charge in [0.2, 0.25) is 5.95 Å². The summed E-state index contributed by atoms with van der Waals surface area (Å²) in [7, 11) is 0. The maximum Gasteiger partial charge on any atom is 0.404 e. The molecule has 1 fully saturated rings. The number of piperidine rings is 1. The molecule has 2 heterocycles. The van der Waals surface area contributed by atoms with Gasteiger partial charge in [-0.25, -0.2) is 14.8 Å². The lowest BCUT2D eigenvalue weighted by Gasteiger charge is -2.31. The summed E-state index contributed by atoms with van der Waals surface area (Å²) in [6.45, 7) is 3.13. The molecule has 20 heavy (non-hydrogen) atoms. The van der Waals surface area contributed by atoms with E-state index in [1.807, 2.05) is 17.9 Å². The zero-order chi connectivity index (χ0) is 14.7. The highest BCUT2D eigenvalue weighted by molar-refractivity contribution is 9.10. The number of aryl methyl sites for hydroxylation is 1. The number of hydrogen-bond donors (Lipinski definition) is 1. The number of aromatic nitrogens is 2. The third-order valence-electron chi connectivity index (χ3n) is 3.12. The fraction of sp³-hybridized carbons (Fsp3) is 0.500. The van der Waals surface area contributed by atoms with Crippen molar-refractivity contribution in [1.29, 1.82) is 5.26 Å². The van der Waals surface area contributed by atoms with Gasteiger partial charge < -0.3 is 15.4 Å². The Morgan fingerprint density at radius 1 is 1.50 bits per heavy atom. The second-order valence-corrected chi connectivity index (χ2v) is 5.30. The molecule has 0 aromatic carbocycles. The number of nitrogens with zero attached hydrogens (tertiary/aromatic N) is 4. The van der Waals surface area contributed by atoms with E-state index in [4.69, 9.17) is 15.7 Å². The Bertz CT molecular complexity index is 564. The Morgan fingerprint density at radius 2 is 2.15 bits per heavy atom. The molecule has 0 unspecified atom stereocenters. The highest BCUT2D eigenvalue weighted by Crippen LogP contribution is 2.23. The summed E-state index contributed by atoms with van der Waals surface area (Å²) in [4.78, 5) is 21.3. The summed E-state index contributed by atoms with van der Waals surface area (Å²) < 4.78 is 5.60. The Hall–Kier alpha value is -1.88. The normalized spacial score (nSPS) is 15.8. The number of rotatable bonds is 2. The molecule has 7 nitrogen and oxygen atoms in total. The van der Waals surface area contributed by atoms with Crippen molar-refractivity contribution in [2.75, 3.05) is 18.0 Å². The van der Waals surface area contributed by atoms with Crippen molar-refractivity contribution < 1.29 is 9.53 Å². The minimum absolute atomic E-state index is 0.157. The van der Waals surface area contributed by atoms with Gasteiger partial charge in [-0.15, -0.1) is 0 Å². The van der Waals surface area contributed by atoms with Crippen molar-refractivity contribution in [3.8, 4) is 6.07 Å². The van der Waals surface area contributed by atoms with E-state index < -0.39 is 6.09 Å². The lowest BCUT2D eigenvalue weighted by atomic mass is 10.1. The molecule has 0 spiro atoms. The maximum absolute atomic E-state index is 10.7. The topological polar surface area (TPSA) is 105 Å². The van der Waals surface area contributed by atoms with Crippen LogP contribution in [0.25, 0.3) is 0 Å². The second kappa shape index (κ2) is 6.05. The number of carbonyl (C=O) groups excluding carboxylic acids is 1. The van der Waals surface area contributed by atoms with Crippen molar-refractivity contribution in [1.82, 2.24) is 9.97 Å². The molecule has 1 aromatic heterocycles. The molecule has 2 N–H and O–H groups in total. The number of amides is 1. The van der Waals surface area contributed by atoms with Crippen LogP contribution in [0.5, 0.6) is 0 Å². The first-order chi connectivity index (χ1) is 9.51. The van der Waals surface area contributed by atoms with Crippen LogP contribution in [0, 0.1) is 18.3 Å². The van der Waals surface area contributed by atoms with Gasteiger partial charge in [-0.3, -0.25) is 0 Å². The van der Waals surface area contributed by atoms with Crippen LogP contribution in [0.15, 0.2) is 4.47 Å². The molecule has 1 aliphatic rings. The number of nitriles is 1. The molecule has 8 heteroatoms. The third-order valence-corrected chi connectivity index (χ3v) is 4.07. The number of halogens is 1. The first-order valence-corrected chi connectivity index (χ1v) is 6.96. The van der Waals surface area contributed by atoms with Gasteiger partial charge in [-0.2, -0.15) is 5.26 Å². The second-order valence-electron chi connectivity index (χ2n) is 4.51. The van der Waals surface area contributed by atoms with E-state index in [9.17, 15) is 4.79 Å². The molecule has 0 atom stereocenters. The first-order valence-electron chi connectivity index (χ1n) is 6.16. The predicted octanol–water partition coefficient (Wildman–Crippen LogP) is 1.48. The zero-order valence-electron chi connectivity index (χ0n) is 11.0. The molecular formula is C12H14BrN5O2. The largest absolute Gasteiger partial charge is 0.446 e. The van der Waals surface area contributed by atoms with Crippen LogP contribution in [0.4, 0.5) is 10.7 Å². The molecular weight excluding hydrogens is 326 g/mol. The SMILES string of the molecule is Cc1nc(N2CCC(OC(N)=O)CC2)nc(C#N)c1Br. The van der Waals surface area contributed by atoms with E-state index in [1.54, 1.807) is 0 Å². The summed E-state index contributed by atoms with van der Waals surface area (Å²) in [5.74, 6) is 0.528. The molecule has 1 aliphatic heterocycles. The monoisotopic (exact) mass is 339 g/mol. The predicted molar refractivity (Wildman–Crippen MR) is 75.1 cm³/mol. The standard InChI is InChI=1S/C12H14BrN5O2/c1-7-10(13)9(6-14)17-12(16-7)18-4-2-8(3-5-18)20-11(15)19/h8H,2-5H2,1H3,(H2,15,19). The molecule has 0 bridgehead atoms. The zero-order valence-corrected chi connectivity index (χ0v) is 12.6. The van der Waals surface area contributed by atoms with Gasteiger partial charge in [0.15, 0.2) is 5.69 Å². The highest BCUT2D eigenvalue weighted by Gasteiger charge is 2.24. The van der Waals surface area contributed by atoms with Gasteiger partial charge in [-0.05, 0) is 22.9 Å². The average molecular weight is 340 g/mol.